The van der Waals surface area contributed by atoms with E-state index >= 15 is 0 Å². The minimum atomic E-state index is -3.64. The first-order valence-corrected chi connectivity index (χ1v) is 9.55. The number of hydrogen-bond acceptors (Lipinski definition) is 5. The Morgan fingerprint density at radius 1 is 1.25 bits per heavy atom. The summed E-state index contributed by atoms with van der Waals surface area (Å²) in [5.74, 6) is 0.115. The molecule has 1 aliphatic rings. The largest absolute Gasteiger partial charge is 0.495 e. The molecule has 1 fully saturated rings. The van der Waals surface area contributed by atoms with Crippen LogP contribution in [0.4, 0.5) is 5.69 Å². The van der Waals surface area contributed by atoms with Crippen LogP contribution < -0.4 is 15.4 Å². The van der Waals surface area contributed by atoms with Crippen molar-refractivity contribution < 1.29 is 17.9 Å². The molecule has 0 unspecified atom stereocenters. The van der Waals surface area contributed by atoms with Gasteiger partial charge in [-0.3, -0.25) is 4.79 Å². The number of piperidine rings is 1. The van der Waals surface area contributed by atoms with Crippen molar-refractivity contribution in [3.63, 3.8) is 0 Å². The molecule has 24 heavy (non-hydrogen) atoms. The van der Waals surface area contributed by atoms with Gasteiger partial charge in [-0.25, -0.2) is 8.42 Å². The van der Waals surface area contributed by atoms with Crippen LogP contribution in [-0.4, -0.2) is 52.4 Å². The molecule has 0 aliphatic carbocycles. The monoisotopic (exact) mass is 355 g/mol. The number of methoxy groups -OCH3 is 1. The zero-order chi connectivity index (χ0) is 17.6. The van der Waals surface area contributed by atoms with Crippen LogP contribution in [0.15, 0.2) is 23.1 Å². The van der Waals surface area contributed by atoms with E-state index in [1.807, 2.05) is 0 Å². The Labute approximate surface area is 143 Å². The number of nitrogens with one attached hydrogen (secondary N) is 2. The standard InChI is InChI=1S/C16H25N3O4S/c1-17-9-8-16(20)18-13-6-7-14(23-2)15(12-13)24(21,22)19-10-4-3-5-11-19/h6-7,12,17H,3-5,8-11H2,1-2H3,(H,18,20). The van der Waals surface area contributed by atoms with Crippen LogP contribution in [0.1, 0.15) is 25.7 Å². The van der Waals surface area contributed by atoms with E-state index in [4.69, 9.17) is 4.74 Å². The highest BCUT2D eigenvalue weighted by molar-refractivity contribution is 7.89. The molecule has 1 saturated heterocycles. The van der Waals surface area contributed by atoms with Gasteiger partial charge < -0.3 is 15.4 Å². The maximum absolute atomic E-state index is 12.9. The first kappa shape index (κ1) is 18.7. The van der Waals surface area contributed by atoms with Crippen LogP contribution in [0, 0.1) is 0 Å². The molecule has 1 aromatic rings. The summed E-state index contributed by atoms with van der Waals surface area (Å²) in [6.45, 7) is 1.59. The maximum atomic E-state index is 12.9. The van der Waals surface area contributed by atoms with Gasteiger partial charge in [-0.05, 0) is 38.1 Å². The van der Waals surface area contributed by atoms with E-state index in [1.54, 1.807) is 19.2 Å². The smallest absolute Gasteiger partial charge is 0.246 e. The molecule has 134 valence electrons. The average Bonchev–Trinajstić information content (AvgIpc) is 2.60. The Morgan fingerprint density at radius 3 is 2.58 bits per heavy atom. The quantitative estimate of drug-likeness (QED) is 0.772. The fourth-order valence-electron chi connectivity index (χ4n) is 2.66. The molecule has 0 bridgehead atoms. The van der Waals surface area contributed by atoms with E-state index in [0.29, 0.717) is 31.7 Å². The molecule has 8 heteroatoms. The molecular formula is C16H25N3O4S. The lowest BCUT2D eigenvalue weighted by Gasteiger charge is -2.26. The summed E-state index contributed by atoms with van der Waals surface area (Å²) in [6.07, 6.45) is 3.09. The number of amides is 1. The van der Waals surface area contributed by atoms with Crippen molar-refractivity contribution >= 4 is 21.6 Å². The van der Waals surface area contributed by atoms with E-state index in [-0.39, 0.29) is 16.6 Å². The Bertz CT molecular complexity index is 670. The topological polar surface area (TPSA) is 87.7 Å². The fraction of sp³-hybridized carbons (Fsp3) is 0.562. The molecule has 7 nitrogen and oxygen atoms in total. The van der Waals surface area contributed by atoms with Crippen LogP contribution in [0.2, 0.25) is 0 Å². The molecule has 2 rings (SSSR count). The highest BCUT2D eigenvalue weighted by Gasteiger charge is 2.29. The molecule has 0 spiro atoms. The Kier molecular flexibility index (Phi) is 6.59. The van der Waals surface area contributed by atoms with Crippen LogP contribution in [-0.2, 0) is 14.8 Å². The van der Waals surface area contributed by atoms with Gasteiger partial charge in [0, 0.05) is 31.7 Å². The third kappa shape index (κ3) is 4.46. The second-order valence-corrected chi connectivity index (χ2v) is 7.64. The maximum Gasteiger partial charge on any atom is 0.246 e. The number of carbonyl (C=O) groups is 1. The Hall–Kier alpha value is -1.64. The second kappa shape index (κ2) is 8.46. The third-order valence-electron chi connectivity index (χ3n) is 3.98. The second-order valence-electron chi connectivity index (χ2n) is 5.73. The number of hydrogen-bond donors (Lipinski definition) is 2. The van der Waals surface area contributed by atoms with Crippen molar-refractivity contribution in [2.75, 3.05) is 39.1 Å². The van der Waals surface area contributed by atoms with Gasteiger partial charge in [0.2, 0.25) is 15.9 Å². The van der Waals surface area contributed by atoms with Crippen LogP contribution in [0.25, 0.3) is 0 Å². The summed E-state index contributed by atoms with van der Waals surface area (Å²) in [5, 5.41) is 5.62. The van der Waals surface area contributed by atoms with Gasteiger partial charge in [-0.15, -0.1) is 0 Å². The van der Waals surface area contributed by atoms with E-state index in [1.165, 1.54) is 17.5 Å². The van der Waals surface area contributed by atoms with Crippen LogP contribution >= 0.6 is 0 Å². The molecule has 0 radical (unpaired) electrons. The first-order chi connectivity index (χ1) is 11.5. The first-order valence-electron chi connectivity index (χ1n) is 8.11. The third-order valence-corrected chi connectivity index (χ3v) is 5.90. The summed E-state index contributed by atoms with van der Waals surface area (Å²) in [5.41, 5.74) is 0.451. The normalized spacial score (nSPS) is 15.9. The molecular weight excluding hydrogens is 330 g/mol. The van der Waals surface area contributed by atoms with Gasteiger partial charge in [-0.1, -0.05) is 6.42 Å². The van der Waals surface area contributed by atoms with Gasteiger partial charge in [0.1, 0.15) is 10.6 Å². The Morgan fingerprint density at radius 2 is 1.96 bits per heavy atom. The fourth-order valence-corrected chi connectivity index (χ4v) is 4.36. The van der Waals surface area contributed by atoms with Crippen molar-refractivity contribution in [1.29, 1.82) is 0 Å². The van der Waals surface area contributed by atoms with Crippen LogP contribution in [0.5, 0.6) is 5.75 Å². The highest BCUT2D eigenvalue weighted by atomic mass is 32.2. The minimum Gasteiger partial charge on any atom is -0.495 e. The number of anilines is 1. The van der Waals surface area contributed by atoms with Gasteiger partial charge in [0.15, 0.2) is 0 Å². The number of ether oxygens (including phenoxy) is 1. The van der Waals surface area contributed by atoms with Gasteiger partial charge >= 0.3 is 0 Å². The molecule has 1 heterocycles. The predicted molar refractivity (Wildman–Crippen MR) is 92.8 cm³/mol. The molecule has 0 aromatic heterocycles. The zero-order valence-electron chi connectivity index (χ0n) is 14.2. The number of rotatable bonds is 7. The lowest BCUT2D eigenvalue weighted by Crippen LogP contribution is -2.35. The van der Waals surface area contributed by atoms with Crippen molar-refractivity contribution in [3.05, 3.63) is 18.2 Å². The van der Waals surface area contributed by atoms with Crippen molar-refractivity contribution in [2.24, 2.45) is 0 Å². The van der Waals surface area contributed by atoms with Crippen molar-refractivity contribution in [1.82, 2.24) is 9.62 Å². The lowest BCUT2D eigenvalue weighted by atomic mass is 10.2. The van der Waals surface area contributed by atoms with Crippen molar-refractivity contribution in [3.8, 4) is 5.75 Å². The van der Waals surface area contributed by atoms with Gasteiger partial charge in [0.25, 0.3) is 0 Å². The number of sulfonamides is 1. The van der Waals surface area contributed by atoms with E-state index in [2.05, 4.69) is 10.6 Å². The number of nitrogens with zero attached hydrogens (tertiary/aromatic N) is 1. The zero-order valence-corrected chi connectivity index (χ0v) is 15.0. The summed E-state index contributed by atoms with van der Waals surface area (Å²) in [7, 11) is -0.427. The molecule has 0 saturated carbocycles. The summed E-state index contributed by atoms with van der Waals surface area (Å²) < 4.78 is 32.5. The van der Waals surface area contributed by atoms with E-state index in [0.717, 1.165) is 19.3 Å². The number of benzene rings is 1. The minimum absolute atomic E-state index is 0.0957. The average molecular weight is 355 g/mol. The summed E-state index contributed by atoms with van der Waals surface area (Å²) >= 11 is 0. The van der Waals surface area contributed by atoms with Crippen molar-refractivity contribution in [2.45, 2.75) is 30.6 Å². The number of carbonyl (C=O) groups excluding carboxylic acids is 1. The highest BCUT2D eigenvalue weighted by Crippen LogP contribution is 2.31. The van der Waals surface area contributed by atoms with Gasteiger partial charge in [-0.2, -0.15) is 4.31 Å². The Balaban J connectivity index is 2.26. The summed E-state index contributed by atoms with van der Waals surface area (Å²) in [6, 6.07) is 4.69. The predicted octanol–water partition coefficient (Wildman–Crippen LogP) is 1.42. The van der Waals surface area contributed by atoms with Crippen LogP contribution in [0.3, 0.4) is 0 Å². The molecule has 2 N–H and O–H groups in total. The van der Waals surface area contributed by atoms with Gasteiger partial charge in [0.05, 0.1) is 7.11 Å². The van der Waals surface area contributed by atoms with E-state index in [9.17, 15) is 13.2 Å². The molecule has 1 aliphatic heterocycles. The molecule has 0 atom stereocenters. The molecule has 1 amide bonds. The SMILES string of the molecule is CNCCC(=O)Nc1ccc(OC)c(S(=O)(=O)N2CCCCC2)c1. The lowest BCUT2D eigenvalue weighted by molar-refractivity contribution is -0.116. The van der Waals surface area contributed by atoms with E-state index < -0.39 is 10.0 Å². The molecule has 1 aromatic carbocycles. The summed E-state index contributed by atoms with van der Waals surface area (Å²) in [4.78, 5) is 11.9.